The van der Waals surface area contributed by atoms with E-state index in [1.54, 1.807) is 10.6 Å². The lowest BCUT2D eigenvalue weighted by Gasteiger charge is -2.27. The van der Waals surface area contributed by atoms with E-state index in [9.17, 15) is 26.4 Å². The molecular formula is C24H32ClF3N4O4S. The molecule has 206 valence electrons. The molecule has 1 fully saturated rings. The number of nitrogens with one attached hydrogen (secondary N) is 2. The third kappa shape index (κ3) is 6.90. The molecule has 1 heterocycles. The standard InChI is InChI=1S/C24H32ClF3N4O4S/c1-5-20-31-21(23(33)29-13-15-6-9-17(10-7-15)37(4,34)35)22(25)32(20)18-11-8-16(12-19(18)36-3)30-14(2)24(26,27)28/h8,11-12,14-15,17,30H,5-7,9-10,13H2,1-4H3,(H,29,33)/t14-,15?,17?/m1/s1. The largest absolute Gasteiger partial charge is 0.494 e. The van der Waals surface area contributed by atoms with Crippen molar-refractivity contribution >= 4 is 33.0 Å². The lowest BCUT2D eigenvalue weighted by Crippen LogP contribution is -2.34. The first kappa shape index (κ1) is 29.1. The molecule has 1 saturated carbocycles. The van der Waals surface area contributed by atoms with Crippen molar-refractivity contribution in [3.8, 4) is 11.4 Å². The molecule has 1 amide bonds. The second-order valence-electron chi connectivity index (χ2n) is 9.33. The predicted octanol–water partition coefficient (Wildman–Crippen LogP) is 4.79. The molecule has 0 unspecified atom stereocenters. The highest BCUT2D eigenvalue weighted by atomic mass is 35.5. The highest BCUT2D eigenvalue weighted by molar-refractivity contribution is 7.91. The summed E-state index contributed by atoms with van der Waals surface area (Å²) in [5, 5.41) is 4.98. The number of carbonyl (C=O) groups is 1. The fourth-order valence-electron chi connectivity index (χ4n) is 4.44. The number of hydrogen-bond acceptors (Lipinski definition) is 6. The number of alkyl halides is 3. The van der Waals surface area contributed by atoms with Gasteiger partial charge in [0.05, 0.1) is 18.0 Å². The zero-order valence-corrected chi connectivity index (χ0v) is 22.7. The van der Waals surface area contributed by atoms with Gasteiger partial charge < -0.3 is 15.4 Å². The molecule has 2 N–H and O–H groups in total. The van der Waals surface area contributed by atoms with Crippen LogP contribution >= 0.6 is 11.6 Å². The lowest BCUT2D eigenvalue weighted by atomic mass is 9.89. The number of nitrogens with zero attached hydrogens (tertiary/aromatic N) is 2. The van der Waals surface area contributed by atoms with Crippen LogP contribution in [0.25, 0.3) is 5.69 Å². The molecule has 0 aliphatic heterocycles. The number of ether oxygens (including phenoxy) is 1. The number of anilines is 1. The number of aryl methyl sites for hydroxylation is 1. The summed E-state index contributed by atoms with van der Waals surface area (Å²) in [4.78, 5) is 17.4. The third-order valence-corrected chi connectivity index (χ3v) is 8.70. The summed E-state index contributed by atoms with van der Waals surface area (Å²) in [6, 6.07) is 2.70. The van der Waals surface area contributed by atoms with Crippen LogP contribution in [0.5, 0.6) is 5.75 Å². The Morgan fingerprint density at radius 2 is 1.92 bits per heavy atom. The average molecular weight is 565 g/mol. The van der Waals surface area contributed by atoms with Crippen LogP contribution in [-0.4, -0.2) is 61.3 Å². The first-order valence-electron chi connectivity index (χ1n) is 12.0. The Morgan fingerprint density at radius 3 is 2.46 bits per heavy atom. The van der Waals surface area contributed by atoms with Crippen molar-refractivity contribution in [3.63, 3.8) is 0 Å². The van der Waals surface area contributed by atoms with E-state index in [0.29, 0.717) is 50.2 Å². The first-order valence-corrected chi connectivity index (χ1v) is 14.3. The smallest absolute Gasteiger partial charge is 0.408 e. The molecule has 1 aromatic carbocycles. The molecule has 1 aromatic heterocycles. The van der Waals surface area contributed by atoms with Crippen LogP contribution in [-0.2, 0) is 16.3 Å². The second kappa shape index (κ2) is 11.5. The van der Waals surface area contributed by atoms with Gasteiger partial charge in [0.15, 0.2) is 5.69 Å². The Morgan fingerprint density at radius 1 is 1.27 bits per heavy atom. The quantitative estimate of drug-likeness (QED) is 0.454. The van der Waals surface area contributed by atoms with Gasteiger partial charge in [-0.25, -0.2) is 13.4 Å². The molecule has 3 rings (SSSR count). The van der Waals surface area contributed by atoms with Crippen LogP contribution in [0.1, 0.15) is 55.8 Å². The Bertz CT molecular complexity index is 1230. The summed E-state index contributed by atoms with van der Waals surface area (Å²) in [5.74, 6) is 0.432. The van der Waals surface area contributed by atoms with Gasteiger partial charge in [0, 0.05) is 31.0 Å². The maximum absolute atomic E-state index is 13.0. The molecule has 8 nitrogen and oxygen atoms in total. The number of amides is 1. The molecule has 2 aromatic rings. The van der Waals surface area contributed by atoms with Gasteiger partial charge in [0.25, 0.3) is 5.91 Å². The summed E-state index contributed by atoms with van der Waals surface area (Å²) >= 11 is 6.59. The first-order chi connectivity index (χ1) is 17.3. The topological polar surface area (TPSA) is 102 Å². The molecule has 37 heavy (non-hydrogen) atoms. The van der Waals surface area contributed by atoms with E-state index in [2.05, 4.69) is 15.6 Å². The molecule has 1 aliphatic rings. The maximum atomic E-state index is 13.0. The number of rotatable bonds is 9. The van der Waals surface area contributed by atoms with Gasteiger partial charge in [0.1, 0.15) is 32.6 Å². The van der Waals surface area contributed by atoms with E-state index in [4.69, 9.17) is 16.3 Å². The molecule has 0 spiro atoms. The highest BCUT2D eigenvalue weighted by Gasteiger charge is 2.36. The molecule has 1 aliphatic carbocycles. The van der Waals surface area contributed by atoms with Crippen LogP contribution in [0.2, 0.25) is 5.15 Å². The van der Waals surface area contributed by atoms with E-state index >= 15 is 0 Å². The molecular weight excluding hydrogens is 533 g/mol. The third-order valence-electron chi connectivity index (χ3n) is 6.67. The predicted molar refractivity (Wildman–Crippen MR) is 137 cm³/mol. The Labute approximate surface area is 219 Å². The molecule has 13 heteroatoms. The zero-order valence-electron chi connectivity index (χ0n) is 21.2. The maximum Gasteiger partial charge on any atom is 0.408 e. The van der Waals surface area contributed by atoms with E-state index in [1.807, 2.05) is 6.92 Å². The number of benzene rings is 1. The van der Waals surface area contributed by atoms with Crippen molar-refractivity contribution < 1.29 is 31.1 Å². The monoisotopic (exact) mass is 564 g/mol. The van der Waals surface area contributed by atoms with Crippen molar-refractivity contribution in [2.45, 2.75) is 63.4 Å². The minimum absolute atomic E-state index is 0.0262. The number of carbonyl (C=O) groups excluding carboxylic acids is 1. The summed E-state index contributed by atoms with van der Waals surface area (Å²) in [7, 11) is -1.68. The number of aromatic nitrogens is 2. The number of methoxy groups -OCH3 is 1. The fourth-order valence-corrected chi connectivity index (χ4v) is 5.88. The van der Waals surface area contributed by atoms with Crippen LogP contribution < -0.4 is 15.4 Å². The van der Waals surface area contributed by atoms with Crippen molar-refractivity contribution in [1.82, 2.24) is 14.9 Å². The van der Waals surface area contributed by atoms with Crippen LogP contribution in [0.4, 0.5) is 18.9 Å². The molecule has 0 saturated heterocycles. The van der Waals surface area contributed by atoms with Crippen molar-refractivity contribution in [2.24, 2.45) is 5.92 Å². The Balaban J connectivity index is 1.78. The molecule has 0 bridgehead atoms. The van der Waals surface area contributed by atoms with Gasteiger partial charge in [-0.15, -0.1) is 0 Å². The summed E-state index contributed by atoms with van der Waals surface area (Å²) in [6.07, 6.45) is -0.190. The van der Waals surface area contributed by atoms with Crippen molar-refractivity contribution in [2.75, 3.05) is 25.2 Å². The van der Waals surface area contributed by atoms with E-state index in [1.165, 1.54) is 25.5 Å². The minimum atomic E-state index is -4.41. The number of halogens is 4. The highest BCUT2D eigenvalue weighted by Crippen LogP contribution is 2.34. The fraction of sp³-hybridized carbons (Fsp3) is 0.583. The van der Waals surface area contributed by atoms with Crippen LogP contribution in [0, 0.1) is 5.92 Å². The van der Waals surface area contributed by atoms with E-state index in [0.717, 1.165) is 6.92 Å². The van der Waals surface area contributed by atoms with E-state index < -0.39 is 28.0 Å². The van der Waals surface area contributed by atoms with E-state index in [-0.39, 0.29) is 33.5 Å². The van der Waals surface area contributed by atoms with Crippen molar-refractivity contribution in [1.29, 1.82) is 0 Å². The molecule has 0 radical (unpaired) electrons. The van der Waals surface area contributed by atoms with Gasteiger partial charge in [0.2, 0.25) is 0 Å². The number of imidazole rings is 1. The SMILES string of the molecule is CCc1nc(C(=O)NCC2CCC(S(C)(=O)=O)CC2)c(Cl)n1-c1ccc(N[C@H](C)C(F)(F)F)cc1OC. The van der Waals surface area contributed by atoms with Crippen LogP contribution in [0.3, 0.4) is 0 Å². The van der Waals surface area contributed by atoms with Gasteiger partial charge in [-0.1, -0.05) is 18.5 Å². The van der Waals surface area contributed by atoms with Crippen molar-refractivity contribution in [3.05, 3.63) is 34.9 Å². The normalized spacial score (nSPS) is 19.4. The van der Waals surface area contributed by atoms with Gasteiger partial charge >= 0.3 is 6.18 Å². The Hall–Kier alpha value is -2.47. The number of sulfone groups is 1. The van der Waals surface area contributed by atoms with Crippen LogP contribution in [0.15, 0.2) is 18.2 Å². The van der Waals surface area contributed by atoms with Gasteiger partial charge in [-0.3, -0.25) is 9.36 Å². The minimum Gasteiger partial charge on any atom is -0.494 e. The summed E-state index contributed by atoms with van der Waals surface area (Å²) in [5.41, 5.74) is 0.668. The molecule has 1 atom stereocenters. The summed E-state index contributed by atoms with van der Waals surface area (Å²) in [6.45, 7) is 3.23. The second-order valence-corrected chi connectivity index (χ2v) is 12.0. The summed E-state index contributed by atoms with van der Waals surface area (Å²) < 4.78 is 69.3. The lowest BCUT2D eigenvalue weighted by molar-refractivity contribution is -0.138. The Kier molecular flexibility index (Phi) is 9.05. The van der Waals surface area contributed by atoms with Gasteiger partial charge in [-0.05, 0) is 50.7 Å². The van der Waals surface area contributed by atoms with Gasteiger partial charge in [-0.2, -0.15) is 13.2 Å². The number of hydrogen-bond donors (Lipinski definition) is 2. The zero-order chi connectivity index (χ0) is 27.5. The average Bonchev–Trinajstić information content (AvgIpc) is 3.17.